The normalized spacial score (nSPS) is 15.7. The molecule has 1 aliphatic heterocycles. The van der Waals surface area contributed by atoms with E-state index in [2.05, 4.69) is 39.9 Å². The lowest BCUT2D eigenvalue weighted by Gasteiger charge is -2.35. The largest absolute Gasteiger partial charge is 0.354 e. The lowest BCUT2D eigenvalue weighted by atomic mass is 10.1. The highest BCUT2D eigenvalue weighted by atomic mass is 35.5. The molecular weight excluding hydrogens is 332 g/mol. The number of rotatable bonds is 3. The molecule has 0 spiro atoms. The Morgan fingerprint density at radius 1 is 1.00 bits per heavy atom. The van der Waals surface area contributed by atoms with E-state index in [1.807, 2.05) is 30.5 Å². The third-order valence-corrected chi connectivity index (χ3v) is 5.37. The van der Waals surface area contributed by atoms with Gasteiger partial charge in [0, 0.05) is 44.3 Å². The molecule has 5 heteroatoms. The van der Waals surface area contributed by atoms with E-state index in [1.54, 1.807) is 0 Å². The number of aryl methyl sites for hydroxylation is 1. The predicted molar refractivity (Wildman–Crippen MR) is 103 cm³/mol. The molecule has 4 rings (SSSR count). The van der Waals surface area contributed by atoms with Crippen LogP contribution < -0.4 is 4.90 Å². The van der Waals surface area contributed by atoms with Crippen LogP contribution in [0.25, 0.3) is 10.9 Å². The van der Waals surface area contributed by atoms with Crippen LogP contribution in [0, 0.1) is 6.92 Å². The molecule has 0 unspecified atom stereocenters. The monoisotopic (exact) mass is 352 g/mol. The highest BCUT2D eigenvalue weighted by molar-refractivity contribution is 6.32. The van der Waals surface area contributed by atoms with E-state index < -0.39 is 0 Å². The van der Waals surface area contributed by atoms with Crippen molar-refractivity contribution in [3.05, 3.63) is 64.9 Å². The van der Waals surface area contributed by atoms with Gasteiger partial charge in [-0.25, -0.2) is 9.97 Å². The van der Waals surface area contributed by atoms with E-state index in [4.69, 9.17) is 16.6 Å². The fourth-order valence-electron chi connectivity index (χ4n) is 3.41. The minimum Gasteiger partial charge on any atom is -0.354 e. The number of halogens is 1. The molecular formula is C20H21ClN4. The SMILES string of the molecule is Cc1c(Cl)c(CN2CCN(c3ccccn3)CC2)nc2ccccc12. The highest BCUT2D eigenvalue weighted by Crippen LogP contribution is 2.28. The van der Waals surface area contributed by atoms with Gasteiger partial charge in [-0.05, 0) is 30.7 Å². The second-order valence-corrected chi connectivity index (χ2v) is 6.84. The number of piperazine rings is 1. The maximum atomic E-state index is 6.61. The second-order valence-electron chi connectivity index (χ2n) is 6.47. The summed E-state index contributed by atoms with van der Waals surface area (Å²) in [4.78, 5) is 14.0. The summed E-state index contributed by atoms with van der Waals surface area (Å²) in [7, 11) is 0. The van der Waals surface area contributed by atoms with Gasteiger partial charge >= 0.3 is 0 Å². The predicted octanol–water partition coefficient (Wildman–Crippen LogP) is 3.91. The van der Waals surface area contributed by atoms with Crippen LogP contribution in [0.1, 0.15) is 11.3 Å². The summed E-state index contributed by atoms with van der Waals surface area (Å²) in [5.41, 5.74) is 3.12. The third-order valence-electron chi connectivity index (χ3n) is 4.87. The molecule has 1 aliphatic rings. The van der Waals surface area contributed by atoms with E-state index >= 15 is 0 Å². The standard InChI is InChI=1S/C20H21ClN4/c1-15-16-6-2-3-7-17(16)23-18(20(15)21)14-24-10-12-25(13-11-24)19-8-4-5-9-22-19/h2-9H,10-14H2,1H3. The Morgan fingerprint density at radius 2 is 1.76 bits per heavy atom. The molecule has 0 bridgehead atoms. The Labute approximate surface area is 153 Å². The zero-order valence-corrected chi connectivity index (χ0v) is 15.1. The maximum absolute atomic E-state index is 6.61. The van der Waals surface area contributed by atoms with Crippen molar-refractivity contribution in [1.29, 1.82) is 0 Å². The lowest BCUT2D eigenvalue weighted by Crippen LogP contribution is -2.46. The van der Waals surface area contributed by atoms with Crippen molar-refractivity contribution in [3.8, 4) is 0 Å². The molecule has 1 saturated heterocycles. The molecule has 0 amide bonds. The number of fused-ring (bicyclic) bond motifs is 1. The van der Waals surface area contributed by atoms with Gasteiger partial charge in [-0.1, -0.05) is 35.9 Å². The molecule has 0 atom stereocenters. The van der Waals surface area contributed by atoms with Gasteiger partial charge in [0.05, 0.1) is 16.2 Å². The lowest BCUT2D eigenvalue weighted by molar-refractivity contribution is 0.247. The Bertz CT molecular complexity index is 874. The van der Waals surface area contributed by atoms with E-state index in [1.165, 1.54) is 0 Å². The first-order chi connectivity index (χ1) is 12.2. The molecule has 3 heterocycles. The zero-order chi connectivity index (χ0) is 17.2. The van der Waals surface area contributed by atoms with Gasteiger partial charge in [0.2, 0.25) is 0 Å². The first-order valence-corrected chi connectivity index (χ1v) is 9.02. The van der Waals surface area contributed by atoms with Gasteiger partial charge in [-0.2, -0.15) is 0 Å². The number of para-hydroxylation sites is 1. The Hall–Kier alpha value is -2.17. The first-order valence-electron chi connectivity index (χ1n) is 8.64. The van der Waals surface area contributed by atoms with Crippen LogP contribution in [-0.4, -0.2) is 41.0 Å². The van der Waals surface area contributed by atoms with E-state index in [9.17, 15) is 0 Å². The summed E-state index contributed by atoms with van der Waals surface area (Å²) in [5.74, 6) is 1.06. The smallest absolute Gasteiger partial charge is 0.128 e. The highest BCUT2D eigenvalue weighted by Gasteiger charge is 2.20. The van der Waals surface area contributed by atoms with E-state index in [-0.39, 0.29) is 0 Å². The van der Waals surface area contributed by atoms with E-state index in [0.717, 1.165) is 65.7 Å². The molecule has 1 fully saturated rings. The Balaban J connectivity index is 1.49. The maximum Gasteiger partial charge on any atom is 0.128 e. The third kappa shape index (κ3) is 3.32. The molecule has 3 aromatic rings. The molecule has 0 N–H and O–H groups in total. The van der Waals surface area contributed by atoms with Crippen LogP contribution in [0.4, 0.5) is 5.82 Å². The molecule has 4 nitrogen and oxygen atoms in total. The van der Waals surface area contributed by atoms with Crippen molar-refractivity contribution in [1.82, 2.24) is 14.9 Å². The number of aromatic nitrogens is 2. The molecule has 0 aliphatic carbocycles. The molecule has 128 valence electrons. The van der Waals surface area contributed by atoms with E-state index in [0.29, 0.717) is 0 Å². The van der Waals surface area contributed by atoms with Crippen LogP contribution in [-0.2, 0) is 6.54 Å². The van der Waals surface area contributed by atoms with Gasteiger partial charge in [0.1, 0.15) is 5.82 Å². The number of nitrogens with zero attached hydrogens (tertiary/aromatic N) is 4. The summed E-state index contributed by atoms with van der Waals surface area (Å²) in [6.07, 6.45) is 1.85. The topological polar surface area (TPSA) is 32.3 Å². The number of anilines is 1. The average Bonchev–Trinajstić information content (AvgIpc) is 2.67. The fraction of sp³-hybridized carbons (Fsp3) is 0.300. The number of pyridine rings is 2. The average molecular weight is 353 g/mol. The van der Waals surface area contributed by atoms with Crippen molar-refractivity contribution in [2.45, 2.75) is 13.5 Å². The van der Waals surface area contributed by atoms with Crippen molar-refractivity contribution in [3.63, 3.8) is 0 Å². The van der Waals surface area contributed by atoms with Crippen molar-refractivity contribution >= 4 is 28.3 Å². The van der Waals surface area contributed by atoms with Crippen molar-refractivity contribution in [2.75, 3.05) is 31.1 Å². The molecule has 25 heavy (non-hydrogen) atoms. The zero-order valence-electron chi connectivity index (χ0n) is 14.3. The Kier molecular flexibility index (Phi) is 4.55. The van der Waals surface area contributed by atoms with Crippen LogP contribution in [0.5, 0.6) is 0 Å². The number of hydrogen-bond acceptors (Lipinski definition) is 4. The van der Waals surface area contributed by atoms with Crippen molar-refractivity contribution < 1.29 is 0 Å². The van der Waals surface area contributed by atoms with Crippen molar-refractivity contribution in [2.24, 2.45) is 0 Å². The molecule has 2 aromatic heterocycles. The minimum atomic E-state index is 0.792. The molecule has 1 aromatic carbocycles. The first kappa shape index (κ1) is 16.3. The van der Waals surface area contributed by atoms with Crippen LogP contribution in [0.3, 0.4) is 0 Å². The summed E-state index contributed by atoms with van der Waals surface area (Å²) in [6, 6.07) is 14.3. The van der Waals surface area contributed by atoms with Crippen LogP contribution in [0.15, 0.2) is 48.7 Å². The van der Waals surface area contributed by atoms with Gasteiger partial charge in [0.25, 0.3) is 0 Å². The molecule has 0 radical (unpaired) electrons. The number of hydrogen-bond donors (Lipinski definition) is 0. The fourth-order valence-corrected chi connectivity index (χ4v) is 3.61. The quantitative estimate of drug-likeness (QED) is 0.715. The minimum absolute atomic E-state index is 0.792. The van der Waals surface area contributed by atoms with Gasteiger partial charge in [0.15, 0.2) is 0 Å². The van der Waals surface area contributed by atoms with Crippen LogP contribution >= 0.6 is 11.6 Å². The Morgan fingerprint density at radius 3 is 2.52 bits per heavy atom. The van der Waals surface area contributed by atoms with Gasteiger partial charge in [-0.15, -0.1) is 0 Å². The summed E-state index contributed by atoms with van der Waals surface area (Å²) < 4.78 is 0. The number of benzene rings is 1. The summed E-state index contributed by atoms with van der Waals surface area (Å²) in [6.45, 7) is 6.79. The van der Waals surface area contributed by atoms with Crippen LogP contribution in [0.2, 0.25) is 5.02 Å². The van der Waals surface area contributed by atoms with Gasteiger partial charge < -0.3 is 4.90 Å². The van der Waals surface area contributed by atoms with Gasteiger partial charge in [-0.3, -0.25) is 4.90 Å². The summed E-state index contributed by atoms with van der Waals surface area (Å²) >= 11 is 6.61. The summed E-state index contributed by atoms with van der Waals surface area (Å²) in [5, 5.41) is 1.93. The molecule has 0 saturated carbocycles. The second kappa shape index (κ2) is 6.98.